The standard InChI is InChI=1S/C14H25N5O2/c1-4-6-16-13-11(2)14(19-10-18-13)17-7-5-12(20)15-8-9-21-3/h10H,4-9H2,1-3H3,(H,15,20)(H2,16,17,18,19). The van der Waals surface area contributed by atoms with Gasteiger partial charge in [-0.15, -0.1) is 0 Å². The molecule has 1 aromatic heterocycles. The Balaban J connectivity index is 2.39. The van der Waals surface area contributed by atoms with Crippen molar-refractivity contribution in [1.82, 2.24) is 15.3 Å². The van der Waals surface area contributed by atoms with E-state index in [1.807, 2.05) is 6.92 Å². The summed E-state index contributed by atoms with van der Waals surface area (Å²) in [6, 6.07) is 0. The van der Waals surface area contributed by atoms with Crippen LogP contribution in [-0.2, 0) is 9.53 Å². The van der Waals surface area contributed by atoms with Crippen molar-refractivity contribution in [2.24, 2.45) is 0 Å². The fraction of sp³-hybridized carbons (Fsp3) is 0.643. The van der Waals surface area contributed by atoms with Gasteiger partial charge in [-0.05, 0) is 13.3 Å². The molecule has 1 heterocycles. The summed E-state index contributed by atoms with van der Waals surface area (Å²) in [4.78, 5) is 20.0. The van der Waals surface area contributed by atoms with Gasteiger partial charge in [0, 0.05) is 38.7 Å². The fourth-order valence-electron chi connectivity index (χ4n) is 1.73. The number of nitrogens with one attached hydrogen (secondary N) is 3. The third-order valence-corrected chi connectivity index (χ3v) is 2.90. The zero-order valence-electron chi connectivity index (χ0n) is 13.0. The van der Waals surface area contributed by atoms with Gasteiger partial charge in [0.05, 0.1) is 6.61 Å². The van der Waals surface area contributed by atoms with E-state index in [2.05, 4.69) is 32.8 Å². The Kier molecular flexibility index (Phi) is 8.11. The van der Waals surface area contributed by atoms with Gasteiger partial charge in [-0.25, -0.2) is 9.97 Å². The molecule has 0 fully saturated rings. The highest BCUT2D eigenvalue weighted by Crippen LogP contribution is 2.17. The van der Waals surface area contributed by atoms with Crippen LogP contribution in [0.1, 0.15) is 25.3 Å². The van der Waals surface area contributed by atoms with Gasteiger partial charge >= 0.3 is 0 Å². The van der Waals surface area contributed by atoms with Gasteiger partial charge in [0.1, 0.15) is 18.0 Å². The lowest BCUT2D eigenvalue weighted by Gasteiger charge is -2.12. The molecule has 0 aliphatic rings. The Morgan fingerprint density at radius 2 is 1.86 bits per heavy atom. The Labute approximate surface area is 125 Å². The van der Waals surface area contributed by atoms with Crippen LogP contribution in [0.15, 0.2) is 6.33 Å². The molecule has 0 bridgehead atoms. The van der Waals surface area contributed by atoms with Crippen molar-refractivity contribution in [3.05, 3.63) is 11.9 Å². The van der Waals surface area contributed by atoms with Crippen LogP contribution in [0.25, 0.3) is 0 Å². The van der Waals surface area contributed by atoms with Crippen LogP contribution in [-0.4, -0.2) is 49.2 Å². The highest BCUT2D eigenvalue weighted by molar-refractivity contribution is 5.76. The minimum atomic E-state index is -0.00408. The summed E-state index contributed by atoms with van der Waals surface area (Å²) < 4.78 is 4.87. The van der Waals surface area contributed by atoms with Crippen molar-refractivity contribution in [3.8, 4) is 0 Å². The number of ether oxygens (including phenoxy) is 1. The molecule has 0 saturated carbocycles. The maximum absolute atomic E-state index is 11.5. The van der Waals surface area contributed by atoms with Crippen molar-refractivity contribution < 1.29 is 9.53 Å². The van der Waals surface area contributed by atoms with E-state index < -0.39 is 0 Å². The van der Waals surface area contributed by atoms with Crippen LogP contribution >= 0.6 is 0 Å². The number of methoxy groups -OCH3 is 1. The molecule has 118 valence electrons. The topological polar surface area (TPSA) is 88.2 Å². The van der Waals surface area contributed by atoms with Gasteiger partial charge in [0.2, 0.25) is 5.91 Å². The third kappa shape index (κ3) is 6.40. The van der Waals surface area contributed by atoms with Crippen LogP contribution in [0.5, 0.6) is 0 Å². The summed E-state index contributed by atoms with van der Waals surface area (Å²) in [6.07, 6.45) is 2.95. The van der Waals surface area contributed by atoms with Gasteiger partial charge in [-0.3, -0.25) is 4.79 Å². The first-order chi connectivity index (χ1) is 10.2. The molecule has 7 heteroatoms. The first-order valence-corrected chi connectivity index (χ1v) is 7.24. The Bertz CT molecular complexity index is 439. The Morgan fingerprint density at radius 3 is 2.48 bits per heavy atom. The quantitative estimate of drug-likeness (QED) is 0.562. The van der Waals surface area contributed by atoms with Crippen molar-refractivity contribution in [2.45, 2.75) is 26.7 Å². The number of hydrogen-bond donors (Lipinski definition) is 3. The highest BCUT2D eigenvalue weighted by atomic mass is 16.5. The predicted molar refractivity (Wildman–Crippen MR) is 83.5 cm³/mol. The first-order valence-electron chi connectivity index (χ1n) is 7.24. The summed E-state index contributed by atoms with van der Waals surface area (Å²) in [5, 5.41) is 9.19. The molecule has 0 atom stereocenters. The minimum Gasteiger partial charge on any atom is -0.383 e. The van der Waals surface area contributed by atoms with Gasteiger partial charge in [0.15, 0.2) is 0 Å². The van der Waals surface area contributed by atoms with E-state index in [-0.39, 0.29) is 5.91 Å². The molecule has 0 aliphatic heterocycles. The van der Waals surface area contributed by atoms with Crippen LogP contribution in [0.2, 0.25) is 0 Å². The molecule has 0 aliphatic carbocycles. The average Bonchev–Trinajstić information content (AvgIpc) is 2.48. The smallest absolute Gasteiger partial charge is 0.221 e. The van der Waals surface area contributed by atoms with Gasteiger partial charge in [0.25, 0.3) is 0 Å². The summed E-state index contributed by atoms with van der Waals surface area (Å²) in [5.41, 5.74) is 0.964. The molecular weight excluding hydrogens is 270 g/mol. The number of nitrogens with zero attached hydrogens (tertiary/aromatic N) is 2. The number of amides is 1. The lowest BCUT2D eigenvalue weighted by Crippen LogP contribution is -2.28. The number of aromatic nitrogens is 2. The number of rotatable bonds is 10. The van der Waals surface area contributed by atoms with Gasteiger partial charge < -0.3 is 20.7 Å². The van der Waals surface area contributed by atoms with Crippen LogP contribution in [0.4, 0.5) is 11.6 Å². The number of carbonyl (C=O) groups excluding carboxylic acids is 1. The second-order valence-electron chi connectivity index (χ2n) is 4.64. The summed E-state index contributed by atoms with van der Waals surface area (Å²) >= 11 is 0. The monoisotopic (exact) mass is 295 g/mol. The minimum absolute atomic E-state index is 0.00408. The molecule has 0 saturated heterocycles. The van der Waals surface area contributed by atoms with Crippen molar-refractivity contribution in [2.75, 3.05) is 44.0 Å². The molecule has 3 N–H and O–H groups in total. The third-order valence-electron chi connectivity index (χ3n) is 2.90. The zero-order chi connectivity index (χ0) is 15.5. The van der Waals surface area contributed by atoms with E-state index >= 15 is 0 Å². The molecule has 7 nitrogen and oxygen atoms in total. The molecule has 21 heavy (non-hydrogen) atoms. The van der Waals surface area contributed by atoms with Crippen LogP contribution < -0.4 is 16.0 Å². The van der Waals surface area contributed by atoms with E-state index in [4.69, 9.17) is 4.74 Å². The molecule has 1 aromatic rings. The van der Waals surface area contributed by atoms with Gasteiger partial charge in [-0.1, -0.05) is 6.92 Å². The highest BCUT2D eigenvalue weighted by Gasteiger charge is 2.07. The van der Waals surface area contributed by atoms with E-state index in [0.717, 1.165) is 30.2 Å². The summed E-state index contributed by atoms with van der Waals surface area (Å²) in [7, 11) is 1.61. The van der Waals surface area contributed by atoms with Crippen LogP contribution in [0.3, 0.4) is 0 Å². The summed E-state index contributed by atoms with van der Waals surface area (Å²) in [5.74, 6) is 1.59. The fourth-order valence-corrected chi connectivity index (χ4v) is 1.73. The lowest BCUT2D eigenvalue weighted by molar-refractivity contribution is -0.121. The SMILES string of the molecule is CCCNc1ncnc(NCCC(=O)NCCOC)c1C. The molecule has 0 aromatic carbocycles. The molecule has 1 rings (SSSR count). The zero-order valence-corrected chi connectivity index (χ0v) is 13.0. The molecular formula is C14H25N5O2. The van der Waals surface area contributed by atoms with E-state index in [0.29, 0.717) is 26.1 Å². The Hall–Kier alpha value is -1.89. The van der Waals surface area contributed by atoms with E-state index in [1.165, 1.54) is 6.33 Å². The maximum Gasteiger partial charge on any atom is 0.221 e. The first kappa shape index (κ1) is 17.2. The molecule has 1 amide bonds. The largest absolute Gasteiger partial charge is 0.383 e. The number of anilines is 2. The average molecular weight is 295 g/mol. The van der Waals surface area contributed by atoms with Crippen molar-refractivity contribution >= 4 is 17.5 Å². The number of carbonyl (C=O) groups is 1. The molecule has 0 unspecified atom stereocenters. The molecule has 0 spiro atoms. The Morgan fingerprint density at radius 1 is 1.19 bits per heavy atom. The van der Waals surface area contributed by atoms with Crippen molar-refractivity contribution in [1.29, 1.82) is 0 Å². The normalized spacial score (nSPS) is 10.2. The maximum atomic E-state index is 11.5. The van der Waals surface area contributed by atoms with Crippen molar-refractivity contribution in [3.63, 3.8) is 0 Å². The lowest BCUT2D eigenvalue weighted by atomic mass is 10.3. The molecule has 0 radical (unpaired) electrons. The van der Waals surface area contributed by atoms with E-state index in [9.17, 15) is 4.79 Å². The predicted octanol–water partition coefficient (Wildman–Crippen LogP) is 1.17. The second-order valence-corrected chi connectivity index (χ2v) is 4.64. The summed E-state index contributed by atoms with van der Waals surface area (Å²) in [6.45, 7) is 6.52. The van der Waals surface area contributed by atoms with Crippen LogP contribution in [0, 0.1) is 6.92 Å². The van der Waals surface area contributed by atoms with Gasteiger partial charge in [-0.2, -0.15) is 0 Å². The number of hydrogen-bond acceptors (Lipinski definition) is 6. The second kappa shape index (κ2) is 9.93. The van der Waals surface area contributed by atoms with E-state index in [1.54, 1.807) is 7.11 Å².